The van der Waals surface area contributed by atoms with Gasteiger partial charge in [0, 0.05) is 11.4 Å². The maximum atomic E-state index is 13.1. The first kappa shape index (κ1) is 12.1. The highest BCUT2D eigenvalue weighted by molar-refractivity contribution is 7.10. The van der Waals surface area contributed by atoms with Crippen LogP contribution in [0.4, 0.5) is 4.39 Å². The Balaban J connectivity index is 2.16. The SMILES string of the molecule is Cc1cc(OC(CN)c2cccs2)ccc1F. The summed E-state index contributed by atoms with van der Waals surface area (Å²) in [5.41, 5.74) is 6.26. The van der Waals surface area contributed by atoms with E-state index in [-0.39, 0.29) is 11.9 Å². The van der Waals surface area contributed by atoms with Gasteiger partial charge in [-0.3, -0.25) is 0 Å². The van der Waals surface area contributed by atoms with E-state index in [0.717, 1.165) is 4.88 Å². The molecule has 2 aromatic rings. The second-order valence-electron chi connectivity index (χ2n) is 3.77. The number of ether oxygens (including phenoxy) is 1. The molecule has 1 aromatic heterocycles. The van der Waals surface area contributed by atoms with Crippen LogP contribution in [0, 0.1) is 12.7 Å². The Morgan fingerprint density at radius 2 is 2.24 bits per heavy atom. The minimum atomic E-state index is -0.224. The third-order valence-electron chi connectivity index (χ3n) is 2.48. The summed E-state index contributed by atoms with van der Waals surface area (Å²) >= 11 is 1.60. The van der Waals surface area contributed by atoms with Gasteiger partial charge >= 0.3 is 0 Å². The van der Waals surface area contributed by atoms with Crippen LogP contribution < -0.4 is 10.5 Å². The normalized spacial score (nSPS) is 12.4. The van der Waals surface area contributed by atoms with Gasteiger partial charge in [-0.1, -0.05) is 6.07 Å². The van der Waals surface area contributed by atoms with Crippen LogP contribution in [0.3, 0.4) is 0 Å². The standard InChI is InChI=1S/C13H14FNOS/c1-9-7-10(4-5-11(9)14)16-12(8-15)13-3-2-6-17-13/h2-7,12H,8,15H2,1H3. The minimum absolute atomic E-state index is 0.167. The predicted octanol–water partition coefficient (Wildman–Crippen LogP) is 3.27. The predicted molar refractivity (Wildman–Crippen MR) is 67.9 cm³/mol. The molecule has 17 heavy (non-hydrogen) atoms. The topological polar surface area (TPSA) is 35.2 Å². The molecule has 4 heteroatoms. The molecule has 90 valence electrons. The van der Waals surface area contributed by atoms with Crippen molar-refractivity contribution in [1.82, 2.24) is 0 Å². The first-order valence-electron chi connectivity index (χ1n) is 5.37. The fourth-order valence-corrected chi connectivity index (χ4v) is 2.32. The van der Waals surface area contributed by atoms with E-state index in [9.17, 15) is 4.39 Å². The third-order valence-corrected chi connectivity index (χ3v) is 3.45. The third kappa shape index (κ3) is 2.84. The van der Waals surface area contributed by atoms with Crippen LogP contribution in [0.15, 0.2) is 35.7 Å². The first-order chi connectivity index (χ1) is 8.20. The maximum Gasteiger partial charge on any atom is 0.145 e. The lowest BCUT2D eigenvalue weighted by Gasteiger charge is -2.16. The van der Waals surface area contributed by atoms with E-state index in [0.29, 0.717) is 17.9 Å². The molecule has 0 aliphatic carbocycles. The summed E-state index contributed by atoms with van der Waals surface area (Å²) in [5.74, 6) is 0.422. The molecule has 0 saturated carbocycles. The zero-order valence-corrected chi connectivity index (χ0v) is 10.3. The van der Waals surface area contributed by atoms with Crippen LogP contribution in [-0.2, 0) is 0 Å². The van der Waals surface area contributed by atoms with E-state index in [2.05, 4.69) is 0 Å². The minimum Gasteiger partial charge on any atom is -0.484 e. The van der Waals surface area contributed by atoms with Gasteiger partial charge in [-0.15, -0.1) is 11.3 Å². The number of nitrogens with two attached hydrogens (primary N) is 1. The van der Waals surface area contributed by atoms with E-state index in [1.54, 1.807) is 30.4 Å². The molecule has 0 spiro atoms. The van der Waals surface area contributed by atoms with Crippen LogP contribution >= 0.6 is 11.3 Å². The Morgan fingerprint density at radius 3 is 2.82 bits per heavy atom. The zero-order chi connectivity index (χ0) is 12.3. The zero-order valence-electron chi connectivity index (χ0n) is 9.52. The Hall–Kier alpha value is -1.39. The summed E-state index contributed by atoms with van der Waals surface area (Å²) < 4.78 is 18.9. The van der Waals surface area contributed by atoms with Gasteiger partial charge in [-0.2, -0.15) is 0 Å². The number of hydrogen-bond acceptors (Lipinski definition) is 3. The molecule has 2 nitrogen and oxygen atoms in total. The second kappa shape index (κ2) is 5.29. The average Bonchev–Trinajstić information content (AvgIpc) is 2.84. The molecule has 2 N–H and O–H groups in total. The molecule has 0 aliphatic heterocycles. The molecular formula is C13H14FNOS. The molecule has 1 unspecified atom stereocenters. The Bertz CT molecular complexity index is 484. The summed E-state index contributed by atoms with van der Waals surface area (Å²) in [6.45, 7) is 2.11. The quantitative estimate of drug-likeness (QED) is 0.905. The molecule has 0 radical (unpaired) electrons. The smallest absolute Gasteiger partial charge is 0.145 e. The van der Waals surface area contributed by atoms with Gasteiger partial charge in [-0.25, -0.2) is 4.39 Å². The molecule has 0 aliphatic rings. The van der Waals surface area contributed by atoms with Crippen LogP contribution in [0.1, 0.15) is 16.5 Å². The van der Waals surface area contributed by atoms with Crippen LogP contribution in [0.2, 0.25) is 0 Å². The van der Waals surface area contributed by atoms with Crippen molar-refractivity contribution < 1.29 is 9.13 Å². The fraction of sp³-hybridized carbons (Fsp3) is 0.231. The van der Waals surface area contributed by atoms with Crippen molar-refractivity contribution >= 4 is 11.3 Å². The van der Waals surface area contributed by atoms with E-state index in [1.807, 2.05) is 17.5 Å². The van der Waals surface area contributed by atoms with Crippen molar-refractivity contribution in [1.29, 1.82) is 0 Å². The van der Waals surface area contributed by atoms with Gasteiger partial charge in [0.25, 0.3) is 0 Å². The molecule has 2 rings (SSSR count). The van der Waals surface area contributed by atoms with Crippen LogP contribution in [0.25, 0.3) is 0 Å². The molecule has 1 atom stereocenters. The highest BCUT2D eigenvalue weighted by Gasteiger charge is 2.12. The van der Waals surface area contributed by atoms with Gasteiger partial charge in [0.1, 0.15) is 17.7 Å². The lowest BCUT2D eigenvalue weighted by molar-refractivity contribution is 0.217. The summed E-state index contributed by atoms with van der Waals surface area (Å²) in [4.78, 5) is 1.08. The number of rotatable bonds is 4. The van der Waals surface area contributed by atoms with Gasteiger partial charge in [0.15, 0.2) is 0 Å². The molecule has 0 saturated heterocycles. The van der Waals surface area contributed by atoms with Crippen LogP contribution in [0.5, 0.6) is 5.75 Å². The van der Waals surface area contributed by atoms with Gasteiger partial charge in [0.2, 0.25) is 0 Å². The highest BCUT2D eigenvalue weighted by Crippen LogP contribution is 2.25. The summed E-state index contributed by atoms with van der Waals surface area (Å²) in [7, 11) is 0. The largest absolute Gasteiger partial charge is 0.484 e. The number of thiophene rings is 1. The van der Waals surface area contributed by atoms with E-state index in [4.69, 9.17) is 10.5 Å². The number of halogens is 1. The van der Waals surface area contributed by atoms with Gasteiger partial charge in [0.05, 0.1) is 0 Å². The molecule has 1 heterocycles. The Morgan fingerprint density at radius 1 is 1.41 bits per heavy atom. The molecule has 0 bridgehead atoms. The average molecular weight is 251 g/mol. The van der Waals surface area contributed by atoms with E-state index >= 15 is 0 Å². The van der Waals surface area contributed by atoms with Crippen molar-refractivity contribution in [2.45, 2.75) is 13.0 Å². The fourth-order valence-electron chi connectivity index (χ4n) is 1.55. The summed E-state index contributed by atoms with van der Waals surface area (Å²) in [6, 6.07) is 8.66. The molecule has 0 amide bonds. The Labute approximate surface area is 104 Å². The van der Waals surface area contributed by atoms with Crippen molar-refractivity contribution in [3.05, 3.63) is 52.0 Å². The molecular weight excluding hydrogens is 237 g/mol. The number of hydrogen-bond donors (Lipinski definition) is 1. The lowest BCUT2D eigenvalue weighted by atomic mass is 10.2. The number of aryl methyl sites for hydroxylation is 1. The van der Waals surface area contributed by atoms with Crippen LogP contribution in [-0.4, -0.2) is 6.54 Å². The summed E-state index contributed by atoms with van der Waals surface area (Å²) in [6.07, 6.45) is -0.167. The first-order valence-corrected chi connectivity index (χ1v) is 6.25. The highest BCUT2D eigenvalue weighted by atomic mass is 32.1. The van der Waals surface area contributed by atoms with Crippen molar-refractivity contribution in [3.63, 3.8) is 0 Å². The number of benzene rings is 1. The lowest BCUT2D eigenvalue weighted by Crippen LogP contribution is -2.17. The summed E-state index contributed by atoms with van der Waals surface area (Å²) in [5, 5.41) is 1.98. The van der Waals surface area contributed by atoms with E-state index in [1.165, 1.54) is 6.07 Å². The Kier molecular flexibility index (Phi) is 3.76. The van der Waals surface area contributed by atoms with Crippen molar-refractivity contribution in [3.8, 4) is 5.75 Å². The van der Waals surface area contributed by atoms with Gasteiger partial charge < -0.3 is 10.5 Å². The van der Waals surface area contributed by atoms with Crippen molar-refractivity contribution in [2.75, 3.05) is 6.54 Å². The van der Waals surface area contributed by atoms with E-state index < -0.39 is 0 Å². The molecule has 0 fully saturated rings. The monoisotopic (exact) mass is 251 g/mol. The molecule has 1 aromatic carbocycles. The second-order valence-corrected chi connectivity index (χ2v) is 4.75. The van der Waals surface area contributed by atoms with Gasteiger partial charge in [-0.05, 0) is 42.1 Å². The maximum absolute atomic E-state index is 13.1. The van der Waals surface area contributed by atoms with Crippen molar-refractivity contribution in [2.24, 2.45) is 5.73 Å².